The molecule has 1 heteroatoms. The fraction of sp³-hybridized carbons (Fsp3) is 0.357. The van der Waals surface area contributed by atoms with Crippen LogP contribution in [-0.4, -0.2) is 17.8 Å². The van der Waals surface area contributed by atoms with Gasteiger partial charge in [0.25, 0.3) is 0 Å². The average Bonchev–Trinajstić information content (AvgIpc) is 2.32. The van der Waals surface area contributed by atoms with Crippen LogP contribution in [0.15, 0.2) is 48.7 Å². The van der Waals surface area contributed by atoms with E-state index in [0.29, 0.717) is 0 Å². The molecule has 0 atom stereocenters. The highest BCUT2D eigenvalue weighted by Crippen LogP contribution is 2.17. The Bertz CT molecular complexity index is 303. The summed E-state index contributed by atoms with van der Waals surface area (Å²) in [6, 6.07) is 0. The van der Waals surface area contributed by atoms with Crippen molar-refractivity contribution in [1.82, 2.24) is 0 Å². The molecule has 15 heavy (non-hydrogen) atoms. The van der Waals surface area contributed by atoms with Crippen molar-refractivity contribution in [2.75, 3.05) is 7.05 Å². The van der Waals surface area contributed by atoms with Gasteiger partial charge in [0.15, 0.2) is 12.4 Å². The standard InChI is InChI=1S/C12H16N.C2H6/c1-4-13(3)10-11(2)12-8-6-5-7-9-12;1-2/h4-6,8,10H,1-2,7,9H2,3H3;1-2H3/q+1;. The molecule has 0 N–H and O–H groups in total. The summed E-state index contributed by atoms with van der Waals surface area (Å²) in [5.41, 5.74) is 2.39. The topological polar surface area (TPSA) is 3.01 Å². The van der Waals surface area contributed by atoms with Crippen molar-refractivity contribution in [2.24, 2.45) is 0 Å². The van der Waals surface area contributed by atoms with Gasteiger partial charge in [-0.1, -0.05) is 38.7 Å². The van der Waals surface area contributed by atoms with Crippen molar-refractivity contribution in [3.8, 4) is 0 Å². The summed E-state index contributed by atoms with van der Waals surface area (Å²) in [6.45, 7) is 11.7. The van der Waals surface area contributed by atoms with Crippen LogP contribution in [0.4, 0.5) is 0 Å². The normalized spacial score (nSPS) is 14.9. The van der Waals surface area contributed by atoms with Crippen molar-refractivity contribution in [3.63, 3.8) is 0 Å². The fourth-order valence-electron chi connectivity index (χ4n) is 1.25. The fourth-order valence-corrected chi connectivity index (χ4v) is 1.25. The zero-order chi connectivity index (χ0) is 11.7. The molecule has 1 nitrogen and oxygen atoms in total. The molecular weight excluding hydrogens is 182 g/mol. The van der Waals surface area contributed by atoms with Gasteiger partial charge in [0.2, 0.25) is 0 Å². The summed E-state index contributed by atoms with van der Waals surface area (Å²) >= 11 is 0. The summed E-state index contributed by atoms with van der Waals surface area (Å²) in [5.74, 6) is 0. The molecule has 1 aliphatic carbocycles. The molecular formula is C14H22N+. The molecule has 1 rings (SSSR count). The van der Waals surface area contributed by atoms with E-state index in [2.05, 4.69) is 31.4 Å². The van der Waals surface area contributed by atoms with Crippen LogP contribution < -0.4 is 0 Å². The number of rotatable bonds is 3. The molecule has 0 unspecified atom stereocenters. The SMILES string of the molecule is C=C[N+](C)=CC(=C)C1=CC=CCC1.CC. The van der Waals surface area contributed by atoms with E-state index >= 15 is 0 Å². The van der Waals surface area contributed by atoms with E-state index in [4.69, 9.17) is 0 Å². The molecule has 0 heterocycles. The minimum Gasteiger partial charge on any atom is -0.208 e. The predicted octanol–water partition coefficient (Wildman–Crippen LogP) is 3.70. The first-order valence-corrected chi connectivity index (χ1v) is 5.48. The summed E-state index contributed by atoms with van der Waals surface area (Å²) in [7, 11) is 1.96. The zero-order valence-corrected chi connectivity index (χ0v) is 10.2. The second kappa shape index (κ2) is 7.98. The zero-order valence-electron chi connectivity index (χ0n) is 10.2. The lowest BCUT2D eigenvalue weighted by atomic mass is 9.99. The summed E-state index contributed by atoms with van der Waals surface area (Å²) < 4.78 is 1.92. The monoisotopic (exact) mass is 204 g/mol. The highest BCUT2D eigenvalue weighted by Gasteiger charge is 2.04. The lowest BCUT2D eigenvalue weighted by Crippen LogP contribution is -2.02. The van der Waals surface area contributed by atoms with Crippen LogP contribution in [0.3, 0.4) is 0 Å². The maximum atomic E-state index is 4.02. The van der Waals surface area contributed by atoms with E-state index in [1.54, 1.807) is 6.20 Å². The number of nitrogens with zero attached hydrogens (tertiary/aromatic N) is 1. The second-order valence-corrected chi connectivity index (χ2v) is 3.16. The number of allylic oxidation sites excluding steroid dienone is 5. The Balaban J connectivity index is 0.000000921. The third-order valence-corrected chi connectivity index (χ3v) is 2.07. The minimum absolute atomic E-state index is 1.08. The predicted molar refractivity (Wildman–Crippen MR) is 69.4 cm³/mol. The summed E-state index contributed by atoms with van der Waals surface area (Å²) in [6.07, 6.45) is 12.4. The molecule has 0 saturated heterocycles. The lowest BCUT2D eigenvalue weighted by molar-refractivity contribution is -0.415. The smallest absolute Gasteiger partial charge is 0.175 e. The Morgan fingerprint density at radius 1 is 1.47 bits per heavy atom. The van der Waals surface area contributed by atoms with Gasteiger partial charge in [0.05, 0.1) is 0 Å². The van der Waals surface area contributed by atoms with Crippen molar-refractivity contribution in [2.45, 2.75) is 26.7 Å². The van der Waals surface area contributed by atoms with E-state index in [1.807, 2.05) is 31.7 Å². The largest absolute Gasteiger partial charge is 0.208 e. The number of hydrogen-bond acceptors (Lipinski definition) is 0. The van der Waals surface area contributed by atoms with Crippen LogP contribution in [0.5, 0.6) is 0 Å². The summed E-state index contributed by atoms with van der Waals surface area (Å²) in [5, 5.41) is 0. The van der Waals surface area contributed by atoms with Gasteiger partial charge in [-0.25, -0.2) is 4.58 Å². The molecule has 0 amide bonds. The molecule has 82 valence electrons. The Morgan fingerprint density at radius 3 is 2.60 bits per heavy atom. The van der Waals surface area contributed by atoms with Gasteiger partial charge in [-0.05, 0) is 25.0 Å². The van der Waals surface area contributed by atoms with Crippen LogP contribution in [-0.2, 0) is 0 Å². The van der Waals surface area contributed by atoms with E-state index in [-0.39, 0.29) is 0 Å². The lowest BCUT2D eigenvalue weighted by Gasteiger charge is -2.06. The average molecular weight is 204 g/mol. The molecule has 0 radical (unpaired) electrons. The van der Waals surface area contributed by atoms with Crippen LogP contribution in [0, 0.1) is 0 Å². The van der Waals surface area contributed by atoms with Gasteiger partial charge in [-0.2, -0.15) is 0 Å². The first-order valence-electron chi connectivity index (χ1n) is 5.48. The molecule has 0 bridgehead atoms. The van der Waals surface area contributed by atoms with Gasteiger partial charge >= 0.3 is 0 Å². The molecule has 0 spiro atoms. The molecule has 1 aliphatic rings. The highest BCUT2D eigenvalue weighted by molar-refractivity contribution is 5.80. The van der Waals surface area contributed by atoms with Gasteiger partial charge in [-0.3, -0.25) is 0 Å². The third-order valence-electron chi connectivity index (χ3n) is 2.07. The van der Waals surface area contributed by atoms with Crippen molar-refractivity contribution >= 4 is 6.21 Å². The van der Waals surface area contributed by atoms with Gasteiger partial charge < -0.3 is 0 Å². The molecule has 0 aromatic heterocycles. The maximum absolute atomic E-state index is 4.02. The molecule has 0 saturated carbocycles. The van der Waals surface area contributed by atoms with Gasteiger partial charge in [-0.15, -0.1) is 0 Å². The van der Waals surface area contributed by atoms with Crippen molar-refractivity contribution < 1.29 is 4.58 Å². The minimum atomic E-state index is 1.08. The van der Waals surface area contributed by atoms with Gasteiger partial charge in [0, 0.05) is 5.57 Å². The van der Waals surface area contributed by atoms with E-state index in [9.17, 15) is 0 Å². The van der Waals surface area contributed by atoms with E-state index in [1.165, 1.54) is 5.57 Å². The second-order valence-electron chi connectivity index (χ2n) is 3.16. The Hall–Kier alpha value is -1.37. The Morgan fingerprint density at radius 2 is 2.13 bits per heavy atom. The Labute approximate surface area is 93.8 Å². The van der Waals surface area contributed by atoms with Crippen molar-refractivity contribution in [1.29, 1.82) is 0 Å². The first kappa shape index (κ1) is 13.6. The van der Waals surface area contributed by atoms with E-state index in [0.717, 1.165) is 18.4 Å². The Kier molecular flexibility index (Phi) is 7.25. The molecule has 0 fully saturated rings. The summed E-state index contributed by atoms with van der Waals surface area (Å²) in [4.78, 5) is 0. The molecule has 0 aromatic carbocycles. The highest BCUT2D eigenvalue weighted by atomic mass is 14.9. The van der Waals surface area contributed by atoms with E-state index < -0.39 is 0 Å². The molecule has 0 aliphatic heterocycles. The quantitative estimate of drug-likeness (QED) is 0.487. The third kappa shape index (κ3) is 5.16. The van der Waals surface area contributed by atoms with Crippen molar-refractivity contribution in [3.05, 3.63) is 48.7 Å². The van der Waals surface area contributed by atoms with Gasteiger partial charge in [0.1, 0.15) is 7.05 Å². The first-order chi connectivity index (χ1) is 7.24. The van der Waals surface area contributed by atoms with Crippen LogP contribution >= 0.6 is 0 Å². The molecule has 0 aromatic rings. The van der Waals surface area contributed by atoms with Crippen LogP contribution in [0.25, 0.3) is 0 Å². The van der Waals surface area contributed by atoms with Crippen LogP contribution in [0.2, 0.25) is 0 Å². The number of hydrogen-bond donors (Lipinski definition) is 0. The maximum Gasteiger partial charge on any atom is 0.175 e. The van der Waals surface area contributed by atoms with Crippen LogP contribution in [0.1, 0.15) is 26.7 Å².